The molecule has 29 heavy (non-hydrogen) atoms. The van der Waals surface area contributed by atoms with Crippen LogP contribution in [-0.2, 0) is 12.8 Å². The molecule has 0 saturated heterocycles. The van der Waals surface area contributed by atoms with Gasteiger partial charge in [-0.25, -0.2) is 9.97 Å². The fourth-order valence-corrected chi connectivity index (χ4v) is 5.42. The monoisotopic (exact) mass is 445 g/mol. The van der Waals surface area contributed by atoms with E-state index in [1.54, 1.807) is 30.1 Å². The first-order chi connectivity index (χ1) is 14.1. The Morgan fingerprint density at radius 2 is 2.03 bits per heavy atom. The van der Waals surface area contributed by atoms with Gasteiger partial charge in [-0.05, 0) is 36.6 Å². The molecule has 0 aliphatic heterocycles. The summed E-state index contributed by atoms with van der Waals surface area (Å²) in [6, 6.07) is 7.65. The molecule has 6 nitrogen and oxygen atoms in total. The predicted octanol–water partition coefficient (Wildman–Crippen LogP) is 4.82. The molecule has 0 radical (unpaired) electrons. The molecule has 0 aliphatic carbocycles. The number of fused-ring (bicyclic) bond motifs is 1. The highest BCUT2D eigenvalue weighted by molar-refractivity contribution is 7.98. The van der Waals surface area contributed by atoms with E-state index < -0.39 is 0 Å². The van der Waals surface area contributed by atoms with E-state index in [9.17, 15) is 4.79 Å². The highest BCUT2D eigenvalue weighted by Gasteiger charge is 2.13. The normalized spacial score (nSPS) is 11.1. The number of thiophene rings is 1. The molecule has 3 heterocycles. The van der Waals surface area contributed by atoms with Crippen LogP contribution in [0, 0.1) is 0 Å². The summed E-state index contributed by atoms with van der Waals surface area (Å²) >= 11 is 4.58. The lowest BCUT2D eigenvalue weighted by molar-refractivity contribution is 0.311. The van der Waals surface area contributed by atoms with Crippen LogP contribution in [0.15, 0.2) is 45.0 Å². The first-order valence-electron chi connectivity index (χ1n) is 8.93. The van der Waals surface area contributed by atoms with Crippen LogP contribution in [0.4, 0.5) is 0 Å². The largest absolute Gasteiger partial charge is 0.493 e. The number of ether oxygens (including phenoxy) is 2. The van der Waals surface area contributed by atoms with Gasteiger partial charge in [0.25, 0.3) is 5.56 Å². The Bertz CT molecular complexity index is 1210. The minimum atomic E-state index is -0.0146. The highest BCUT2D eigenvalue weighted by atomic mass is 32.2. The summed E-state index contributed by atoms with van der Waals surface area (Å²) < 4.78 is 12.6. The van der Waals surface area contributed by atoms with E-state index in [0.717, 1.165) is 26.8 Å². The van der Waals surface area contributed by atoms with Crippen molar-refractivity contribution in [3.8, 4) is 22.1 Å². The van der Waals surface area contributed by atoms with Crippen LogP contribution in [0.5, 0.6) is 11.5 Å². The summed E-state index contributed by atoms with van der Waals surface area (Å²) in [5.41, 5.74) is 1.92. The SMILES string of the molecule is CCOc1ccc(-c2nc(CSc3nc4sccc4c(=O)n3C)cs2)cc1OC. The van der Waals surface area contributed by atoms with E-state index in [4.69, 9.17) is 14.5 Å². The van der Waals surface area contributed by atoms with E-state index in [-0.39, 0.29) is 5.56 Å². The number of hydrogen-bond donors (Lipinski definition) is 0. The molecule has 150 valence electrons. The number of nitrogens with zero attached hydrogens (tertiary/aromatic N) is 3. The second-order valence-electron chi connectivity index (χ2n) is 6.13. The smallest absolute Gasteiger partial charge is 0.262 e. The van der Waals surface area contributed by atoms with Gasteiger partial charge in [0.1, 0.15) is 9.84 Å². The highest BCUT2D eigenvalue weighted by Crippen LogP contribution is 2.34. The zero-order valence-electron chi connectivity index (χ0n) is 16.2. The first kappa shape index (κ1) is 19.9. The Labute approximate surface area is 180 Å². The molecule has 4 aromatic rings. The van der Waals surface area contributed by atoms with Gasteiger partial charge in [0.05, 0.1) is 24.8 Å². The van der Waals surface area contributed by atoms with E-state index in [0.29, 0.717) is 28.7 Å². The molecule has 0 spiro atoms. The Morgan fingerprint density at radius 1 is 1.17 bits per heavy atom. The number of benzene rings is 1. The second kappa shape index (κ2) is 8.56. The van der Waals surface area contributed by atoms with Gasteiger partial charge in [0, 0.05) is 23.7 Å². The van der Waals surface area contributed by atoms with Crippen molar-refractivity contribution in [2.24, 2.45) is 7.05 Å². The molecule has 0 N–H and O–H groups in total. The maximum atomic E-state index is 12.4. The van der Waals surface area contributed by atoms with Crippen molar-refractivity contribution >= 4 is 44.7 Å². The zero-order valence-corrected chi connectivity index (χ0v) is 18.6. The van der Waals surface area contributed by atoms with Gasteiger partial charge in [-0.2, -0.15) is 0 Å². The van der Waals surface area contributed by atoms with E-state index in [1.165, 1.54) is 23.1 Å². The summed E-state index contributed by atoms with van der Waals surface area (Å²) in [5, 5.41) is 6.21. The summed E-state index contributed by atoms with van der Waals surface area (Å²) in [6.45, 7) is 2.53. The number of thioether (sulfide) groups is 1. The average Bonchev–Trinajstić information content (AvgIpc) is 3.40. The molecule has 0 aliphatic rings. The van der Waals surface area contributed by atoms with Gasteiger partial charge in [0.15, 0.2) is 16.7 Å². The van der Waals surface area contributed by atoms with Crippen LogP contribution < -0.4 is 15.0 Å². The van der Waals surface area contributed by atoms with Crippen LogP contribution in [0.25, 0.3) is 20.8 Å². The Hall–Kier alpha value is -2.36. The maximum absolute atomic E-state index is 12.4. The van der Waals surface area contributed by atoms with Crippen LogP contribution in [0.2, 0.25) is 0 Å². The van der Waals surface area contributed by atoms with Gasteiger partial charge in [-0.3, -0.25) is 9.36 Å². The Balaban J connectivity index is 1.53. The van der Waals surface area contributed by atoms with E-state index in [2.05, 4.69) is 4.98 Å². The van der Waals surface area contributed by atoms with Crippen LogP contribution in [0.3, 0.4) is 0 Å². The van der Waals surface area contributed by atoms with Gasteiger partial charge >= 0.3 is 0 Å². The fraction of sp³-hybridized carbons (Fsp3) is 0.250. The summed E-state index contributed by atoms with van der Waals surface area (Å²) in [7, 11) is 3.39. The molecule has 0 fully saturated rings. The zero-order chi connectivity index (χ0) is 20.4. The van der Waals surface area contributed by atoms with Crippen molar-refractivity contribution in [1.29, 1.82) is 0 Å². The first-order valence-corrected chi connectivity index (χ1v) is 11.7. The molecule has 0 unspecified atom stereocenters. The molecular weight excluding hydrogens is 426 g/mol. The summed E-state index contributed by atoms with van der Waals surface area (Å²) in [5.74, 6) is 2.06. The lowest BCUT2D eigenvalue weighted by Crippen LogP contribution is -2.19. The molecule has 3 aromatic heterocycles. The van der Waals surface area contributed by atoms with Crippen LogP contribution in [-0.4, -0.2) is 28.3 Å². The Kier molecular flexibility index (Phi) is 5.89. The molecule has 0 atom stereocenters. The van der Waals surface area contributed by atoms with Crippen molar-refractivity contribution < 1.29 is 9.47 Å². The van der Waals surface area contributed by atoms with Crippen molar-refractivity contribution in [3.63, 3.8) is 0 Å². The molecule has 9 heteroatoms. The quantitative estimate of drug-likeness (QED) is 0.300. The third-order valence-electron chi connectivity index (χ3n) is 4.28. The molecule has 0 saturated carbocycles. The summed E-state index contributed by atoms with van der Waals surface area (Å²) in [4.78, 5) is 22.6. The summed E-state index contributed by atoms with van der Waals surface area (Å²) in [6.07, 6.45) is 0. The van der Waals surface area contributed by atoms with Crippen molar-refractivity contribution in [2.75, 3.05) is 13.7 Å². The predicted molar refractivity (Wildman–Crippen MR) is 120 cm³/mol. The van der Waals surface area contributed by atoms with Crippen molar-refractivity contribution in [1.82, 2.24) is 14.5 Å². The van der Waals surface area contributed by atoms with Gasteiger partial charge in [-0.15, -0.1) is 22.7 Å². The van der Waals surface area contributed by atoms with Crippen LogP contribution >= 0.6 is 34.4 Å². The van der Waals surface area contributed by atoms with Gasteiger partial charge in [0.2, 0.25) is 0 Å². The van der Waals surface area contributed by atoms with Crippen LogP contribution in [0.1, 0.15) is 12.6 Å². The molecular formula is C20H19N3O3S3. The number of thiazole rings is 1. The average molecular weight is 446 g/mol. The minimum Gasteiger partial charge on any atom is -0.493 e. The standard InChI is InChI=1S/C20H19N3O3S3/c1-4-26-15-6-5-12(9-16(15)25-3)17-21-13(10-28-17)11-29-20-22-18-14(7-8-27-18)19(24)23(20)2/h5-10H,4,11H2,1-3H3. The third-order valence-corrected chi connectivity index (χ3v) is 7.09. The fourth-order valence-electron chi connectivity index (χ4n) is 2.83. The van der Waals surface area contributed by atoms with E-state index in [1.807, 2.05) is 41.9 Å². The molecule has 0 amide bonds. The number of hydrogen-bond acceptors (Lipinski definition) is 8. The molecule has 1 aromatic carbocycles. The van der Waals surface area contributed by atoms with E-state index >= 15 is 0 Å². The minimum absolute atomic E-state index is 0.0146. The lowest BCUT2D eigenvalue weighted by Gasteiger charge is -2.10. The second-order valence-corrected chi connectivity index (χ2v) is 8.82. The molecule has 0 bridgehead atoms. The van der Waals surface area contributed by atoms with Gasteiger partial charge in [-0.1, -0.05) is 11.8 Å². The van der Waals surface area contributed by atoms with Crippen molar-refractivity contribution in [3.05, 3.63) is 51.1 Å². The van der Waals surface area contributed by atoms with Gasteiger partial charge < -0.3 is 9.47 Å². The number of methoxy groups -OCH3 is 1. The maximum Gasteiger partial charge on any atom is 0.262 e. The third kappa shape index (κ3) is 4.03. The number of rotatable bonds is 7. The van der Waals surface area contributed by atoms with Crippen molar-refractivity contribution in [2.45, 2.75) is 17.8 Å². The molecule has 4 rings (SSSR count). The topological polar surface area (TPSA) is 66.2 Å². The Morgan fingerprint density at radius 3 is 2.83 bits per heavy atom. The lowest BCUT2D eigenvalue weighted by atomic mass is 10.2. The number of aromatic nitrogens is 3.